The molecule has 4 nitrogen and oxygen atoms in total. The van der Waals surface area contributed by atoms with Crippen molar-refractivity contribution in [2.75, 3.05) is 13.2 Å². The summed E-state index contributed by atoms with van der Waals surface area (Å²) in [6, 6.07) is 0. The highest BCUT2D eigenvalue weighted by Gasteiger charge is 2.30. The third-order valence-corrected chi connectivity index (χ3v) is 2.20. The molecule has 0 aromatic rings. The van der Waals surface area contributed by atoms with Crippen LogP contribution in [0.2, 0.25) is 0 Å². The topological polar surface area (TPSA) is 52.6 Å². The van der Waals surface area contributed by atoms with Crippen LogP contribution < -0.4 is 0 Å². The molecule has 0 atom stereocenters. The Labute approximate surface area is 85.1 Å². The lowest BCUT2D eigenvalue weighted by Gasteiger charge is -2.14. The first-order valence-electron chi connectivity index (χ1n) is 4.09. The molecule has 0 aromatic carbocycles. The Morgan fingerprint density at radius 2 is 1.86 bits per heavy atom. The maximum Gasteiger partial charge on any atom is 0.205 e. The first-order chi connectivity index (χ1) is 6.68. The minimum Gasteiger partial charge on any atom is -0.346 e. The number of carbonyl (C=O) groups excluding carboxylic acids is 2. The van der Waals surface area contributed by atoms with Crippen molar-refractivity contribution in [1.82, 2.24) is 0 Å². The lowest BCUT2D eigenvalue weighted by molar-refractivity contribution is -0.118. The van der Waals surface area contributed by atoms with E-state index in [9.17, 15) is 9.59 Å². The molecular formula is C9H7ClO4. The molecule has 0 radical (unpaired) electrons. The molecule has 1 saturated heterocycles. The molecule has 2 aliphatic rings. The quantitative estimate of drug-likeness (QED) is 0.599. The summed E-state index contributed by atoms with van der Waals surface area (Å²) in [5, 5.41) is -0.0911. The van der Waals surface area contributed by atoms with E-state index in [-0.39, 0.29) is 16.4 Å². The molecule has 1 aliphatic heterocycles. The highest BCUT2D eigenvalue weighted by molar-refractivity contribution is 6.48. The molecule has 2 rings (SSSR count). The minimum absolute atomic E-state index is 0.0911. The van der Waals surface area contributed by atoms with Gasteiger partial charge in [-0.25, -0.2) is 0 Å². The van der Waals surface area contributed by atoms with Gasteiger partial charge in [0.15, 0.2) is 12.1 Å². The molecule has 0 saturated carbocycles. The summed E-state index contributed by atoms with van der Waals surface area (Å²) in [7, 11) is 0. The molecule has 1 heterocycles. The largest absolute Gasteiger partial charge is 0.346 e. The molecule has 0 unspecified atom stereocenters. The molecule has 74 valence electrons. The summed E-state index contributed by atoms with van der Waals surface area (Å²) < 4.78 is 10.2. The van der Waals surface area contributed by atoms with Gasteiger partial charge >= 0.3 is 0 Å². The number of hydrogen-bond donors (Lipinski definition) is 0. The number of rotatable bonds is 1. The molecule has 14 heavy (non-hydrogen) atoms. The SMILES string of the molecule is O=C1C=C(Cl)C(=O)C(C2OCCO2)=C1. The fourth-order valence-corrected chi connectivity index (χ4v) is 1.52. The van der Waals surface area contributed by atoms with Crippen molar-refractivity contribution in [3.8, 4) is 0 Å². The standard InChI is InChI=1S/C9H7ClO4/c10-7-4-5(11)3-6(8(7)12)9-13-1-2-14-9/h3-4,9H,1-2H2. The fourth-order valence-electron chi connectivity index (χ4n) is 1.30. The third-order valence-electron chi connectivity index (χ3n) is 1.92. The maximum atomic E-state index is 11.5. The maximum absolute atomic E-state index is 11.5. The van der Waals surface area contributed by atoms with Crippen molar-refractivity contribution in [1.29, 1.82) is 0 Å². The normalized spacial score (nSPS) is 23.8. The van der Waals surface area contributed by atoms with Gasteiger partial charge in [0.2, 0.25) is 5.78 Å². The number of Topliss-reactive ketones (excluding diaryl/α,β-unsaturated/α-hetero) is 1. The van der Waals surface area contributed by atoms with Crippen molar-refractivity contribution in [3.63, 3.8) is 0 Å². The number of allylic oxidation sites excluding steroid dienone is 3. The van der Waals surface area contributed by atoms with E-state index in [0.29, 0.717) is 13.2 Å². The zero-order chi connectivity index (χ0) is 10.1. The van der Waals surface area contributed by atoms with Crippen LogP contribution >= 0.6 is 11.6 Å². The van der Waals surface area contributed by atoms with Crippen LogP contribution in [-0.4, -0.2) is 31.1 Å². The first kappa shape index (κ1) is 9.58. The lowest BCUT2D eigenvalue weighted by Crippen LogP contribution is -2.23. The molecule has 0 spiro atoms. The Morgan fingerprint density at radius 1 is 1.21 bits per heavy atom. The van der Waals surface area contributed by atoms with Crippen LogP contribution in [0.3, 0.4) is 0 Å². The monoisotopic (exact) mass is 214 g/mol. The van der Waals surface area contributed by atoms with Gasteiger partial charge in [0.1, 0.15) is 0 Å². The molecule has 0 N–H and O–H groups in total. The van der Waals surface area contributed by atoms with Crippen LogP contribution in [0.1, 0.15) is 0 Å². The van der Waals surface area contributed by atoms with Gasteiger partial charge in [-0.15, -0.1) is 0 Å². The molecule has 1 fully saturated rings. The van der Waals surface area contributed by atoms with Crippen LogP contribution in [0.5, 0.6) is 0 Å². The van der Waals surface area contributed by atoms with Gasteiger partial charge in [0.25, 0.3) is 0 Å². The zero-order valence-corrected chi connectivity index (χ0v) is 7.91. The predicted molar refractivity (Wildman–Crippen MR) is 47.7 cm³/mol. The number of ether oxygens (including phenoxy) is 2. The Kier molecular flexibility index (Phi) is 2.50. The molecule has 5 heteroatoms. The average molecular weight is 215 g/mol. The van der Waals surface area contributed by atoms with E-state index in [2.05, 4.69) is 0 Å². The number of carbonyl (C=O) groups is 2. The van der Waals surface area contributed by atoms with Crippen LogP contribution in [0.4, 0.5) is 0 Å². The summed E-state index contributed by atoms with van der Waals surface area (Å²) in [6.45, 7) is 0.843. The van der Waals surface area contributed by atoms with E-state index in [4.69, 9.17) is 21.1 Å². The van der Waals surface area contributed by atoms with E-state index < -0.39 is 12.1 Å². The second kappa shape index (κ2) is 3.65. The second-order valence-corrected chi connectivity index (χ2v) is 3.30. The van der Waals surface area contributed by atoms with E-state index in [1.165, 1.54) is 6.08 Å². The van der Waals surface area contributed by atoms with Crippen molar-refractivity contribution < 1.29 is 19.1 Å². The van der Waals surface area contributed by atoms with Gasteiger partial charge in [0.05, 0.1) is 23.8 Å². The fraction of sp³-hybridized carbons (Fsp3) is 0.333. The average Bonchev–Trinajstić information content (AvgIpc) is 2.63. The van der Waals surface area contributed by atoms with Gasteiger partial charge in [-0.05, 0) is 6.08 Å². The molecule has 0 bridgehead atoms. The minimum atomic E-state index is -0.742. The van der Waals surface area contributed by atoms with Crippen molar-refractivity contribution >= 4 is 23.2 Å². The predicted octanol–water partition coefficient (Wildman–Crippen LogP) is 0.560. The van der Waals surface area contributed by atoms with Crippen LogP contribution in [0.25, 0.3) is 0 Å². The van der Waals surface area contributed by atoms with Crippen molar-refractivity contribution in [3.05, 3.63) is 22.8 Å². The van der Waals surface area contributed by atoms with Gasteiger partial charge in [-0.1, -0.05) is 11.6 Å². The third kappa shape index (κ3) is 1.64. The van der Waals surface area contributed by atoms with Crippen LogP contribution in [-0.2, 0) is 19.1 Å². The smallest absolute Gasteiger partial charge is 0.205 e. The molecule has 0 amide bonds. The molecule has 1 aliphatic carbocycles. The Morgan fingerprint density at radius 3 is 2.50 bits per heavy atom. The number of ketones is 2. The Balaban J connectivity index is 2.26. The van der Waals surface area contributed by atoms with E-state index in [1.807, 2.05) is 0 Å². The lowest BCUT2D eigenvalue weighted by atomic mass is 10.0. The summed E-state index contributed by atoms with van der Waals surface area (Å²) in [4.78, 5) is 22.6. The van der Waals surface area contributed by atoms with E-state index in [0.717, 1.165) is 6.08 Å². The molecular weight excluding hydrogens is 208 g/mol. The van der Waals surface area contributed by atoms with Gasteiger partial charge in [0, 0.05) is 6.08 Å². The van der Waals surface area contributed by atoms with Gasteiger partial charge in [-0.2, -0.15) is 0 Å². The summed E-state index contributed by atoms with van der Waals surface area (Å²) in [5.41, 5.74) is 0.181. The highest BCUT2D eigenvalue weighted by Crippen LogP contribution is 2.23. The van der Waals surface area contributed by atoms with E-state index in [1.54, 1.807) is 0 Å². The second-order valence-electron chi connectivity index (χ2n) is 2.90. The van der Waals surface area contributed by atoms with Crippen molar-refractivity contribution in [2.24, 2.45) is 0 Å². The van der Waals surface area contributed by atoms with Crippen LogP contribution in [0, 0.1) is 0 Å². The van der Waals surface area contributed by atoms with Gasteiger partial charge < -0.3 is 9.47 Å². The van der Waals surface area contributed by atoms with Crippen LogP contribution in [0.15, 0.2) is 22.8 Å². The van der Waals surface area contributed by atoms with Gasteiger partial charge in [-0.3, -0.25) is 9.59 Å². The van der Waals surface area contributed by atoms with Crippen molar-refractivity contribution in [2.45, 2.75) is 6.29 Å². The highest BCUT2D eigenvalue weighted by atomic mass is 35.5. The number of hydrogen-bond acceptors (Lipinski definition) is 4. The van der Waals surface area contributed by atoms with E-state index >= 15 is 0 Å². The summed E-state index contributed by atoms with van der Waals surface area (Å²) in [6.07, 6.45) is 1.54. The Hall–Kier alpha value is -0.970. The zero-order valence-electron chi connectivity index (χ0n) is 7.16. The molecule has 0 aromatic heterocycles. The Bertz CT molecular complexity index is 350. The first-order valence-corrected chi connectivity index (χ1v) is 4.47. The summed E-state index contributed by atoms with van der Waals surface area (Å²) in [5.74, 6) is -0.720. The summed E-state index contributed by atoms with van der Waals surface area (Å²) >= 11 is 5.57. The number of halogens is 1.